The van der Waals surface area contributed by atoms with Crippen LogP contribution >= 0.6 is 22.9 Å². The van der Waals surface area contributed by atoms with E-state index in [2.05, 4.69) is 178 Å². The third-order valence-electron chi connectivity index (χ3n) is 10.1. The second-order valence-corrected chi connectivity index (χ2v) is 14.9. The van der Waals surface area contributed by atoms with E-state index in [-0.39, 0.29) is 12.0 Å². The minimum Gasteiger partial charge on any atom is -0.258 e. The Balaban J connectivity index is 1.37. The van der Waals surface area contributed by atoms with Gasteiger partial charge in [-0.3, -0.25) is 4.99 Å². The number of amidine groups is 1. The van der Waals surface area contributed by atoms with Gasteiger partial charge in [0, 0.05) is 42.4 Å². The molecule has 1 heterocycles. The smallest absolute Gasteiger partial charge is 0.155 e. The molecule has 1 aromatic heterocycles. The summed E-state index contributed by atoms with van der Waals surface area (Å²) in [6.07, 6.45) is 0.933. The Morgan fingerprint density at radius 2 is 1.15 bits per heavy atom. The van der Waals surface area contributed by atoms with Gasteiger partial charge < -0.3 is 0 Å². The summed E-state index contributed by atoms with van der Waals surface area (Å²) in [5.41, 5.74) is 8.63. The second kappa shape index (κ2) is 14.7. The predicted molar refractivity (Wildman–Crippen MR) is 227 cm³/mol. The van der Waals surface area contributed by atoms with E-state index in [1.54, 1.807) is 0 Å². The number of nitrogens with zero attached hydrogens (tertiary/aromatic N) is 2. The largest absolute Gasteiger partial charge is 0.258 e. The molecule has 0 spiro atoms. The molecule has 0 N–H and O–H groups in total. The molecule has 254 valence electrons. The summed E-state index contributed by atoms with van der Waals surface area (Å²) in [6.45, 7) is 6.62. The number of thiophene rings is 1. The van der Waals surface area contributed by atoms with Gasteiger partial charge in [-0.1, -0.05) is 171 Å². The quantitative estimate of drug-likeness (QED) is 0.111. The van der Waals surface area contributed by atoms with Crippen LogP contribution in [0.25, 0.3) is 53.2 Å². The molecule has 0 aliphatic carbocycles. The summed E-state index contributed by atoms with van der Waals surface area (Å²) in [5.74, 6) is 0.889. The molecule has 7 aromatic carbocycles. The van der Waals surface area contributed by atoms with Crippen LogP contribution < -0.4 is 0 Å². The standard InChI is InChI=1S/C48H39ClN2S/c1-4-31(2)46(44-45(49)40-26-12-11-25-39(40)43-41-27-13-14-28-42(41)52-47(43)44)51-48(38-24-16-23-37(30-38)34-19-9-6-10-20-34)50-32(3)35-21-15-22-36(29-35)33-17-7-5-8-18-33/h5-31,46H,4H2,1-3H3/t31-,46?/m0/s1. The van der Waals surface area contributed by atoms with Crippen molar-refractivity contribution in [2.75, 3.05) is 0 Å². The van der Waals surface area contributed by atoms with Crippen molar-refractivity contribution in [2.24, 2.45) is 15.9 Å². The first kappa shape index (κ1) is 33.8. The fourth-order valence-corrected chi connectivity index (χ4v) is 8.88. The third-order valence-corrected chi connectivity index (χ3v) is 11.7. The Hall–Kier alpha value is -5.35. The van der Waals surface area contributed by atoms with Crippen LogP contribution in [-0.2, 0) is 0 Å². The summed E-state index contributed by atoms with van der Waals surface area (Å²) in [7, 11) is 0. The van der Waals surface area contributed by atoms with E-state index in [9.17, 15) is 0 Å². The van der Waals surface area contributed by atoms with Crippen molar-refractivity contribution in [1.29, 1.82) is 0 Å². The molecule has 4 heteroatoms. The second-order valence-electron chi connectivity index (χ2n) is 13.4. The first-order chi connectivity index (χ1) is 25.5. The highest BCUT2D eigenvalue weighted by molar-refractivity contribution is 7.26. The predicted octanol–water partition coefficient (Wildman–Crippen LogP) is 14.2. The Morgan fingerprint density at radius 3 is 1.81 bits per heavy atom. The van der Waals surface area contributed by atoms with Gasteiger partial charge in [0.1, 0.15) is 0 Å². The molecule has 0 aliphatic heterocycles. The highest BCUT2D eigenvalue weighted by Gasteiger charge is 2.28. The Morgan fingerprint density at radius 1 is 0.615 bits per heavy atom. The van der Waals surface area contributed by atoms with Crippen molar-refractivity contribution in [3.05, 3.63) is 179 Å². The van der Waals surface area contributed by atoms with Gasteiger partial charge in [-0.2, -0.15) is 0 Å². The fraction of sp³-hybridized carbons (Fsp3) is 0.125. The summed E-state index contributed by atoms with van der Waals surface area (Å²) >= 11 is 9.37. The number of rotatable bonds is 8. The molecule has 0 saturated carbocycles. The summed E-state index contributed by atoms with van der Waals surface area (Å²) in [6, 6.07) is 55.2. The van der Waals surface area contributed by atoms with E-state index in [0.29, 0.717) is 5.84 Å². The normalized spacial score (nSPS) is 13.5. The molecule has 52 heavy (non-hydrogen) atoms. The van der Waals surface area contributed by atoms with Crippen molar-refractivity contribution in [1.82, 2.24) is 0 Å². The number of halogens is 1. The molecule has 2 nitrogen and oxygen atoms in total. The van der Waals surface area contributed by atoms with Crippen LogP contribution in [0.3, 0.4) is 0 Å². The van der Waals surface area contributed by atoms with Crippen molar-refractivity contribution in [3.63, 3.8) is 0 Å². The van der Waals surface area contributed by atoms with Crippen molar-refractivity contribution in [2.45, 2.75) is 33.2 Å². The van der Waals surface area contributed by atoms with Crippen LogP contribution in [-0.4, -0.2) is 11.5 Å². The van der Waals surface area contributed by atoms with Gasteiger partial charge >= 0.3 is 0 Å². The molecule has 0 fully saturated rings. The minimum atomic E-state index is -0.236. The molecule has 8 aromatic rings. The lowest BCUT2D eigenvalue weighted by Crippen LogP contribution is -2.13. The number of hydrogen-bond donors (Lipinski definition) is 0. The molecule has 2 atom stereocenters. The van der Waals surface area contributed by atoms with Crippen LogP contribution in [0.2, 0.25) is 5.02 Å². The maximum absolute atomic E-state index is 7.56. The number of fused-ring (bicyclic) bond motifs is 5. The minimum absolute atomic E-state index is 0.191. The Kier molecular flexibility index (Phi) is 9.56. The Labute approximate surface area is 314 Å². The van der Waals surface area contributed by atoms with Gasteiger partial charge in [0.25, 0.3) is 0 Å². The average Bonchev–Trinajstić information content (AvgIpc) is 3.60. The molecule has 8 rings (SSSR count). The summed E-state index contributed by atoms with van der Waals surface area (Å²) in [4.78, 5) is 11.1. The number of benzene rings is 7. The molecular formula is C48H39ClN2S. The summed E-state index contributed by atoms with van der Waals surface area (Å²) < 4.78 is 2.45. The lowest BCUT2D eigenvalue weighted by Gasteiger charge is -2.24. The SMILES string of the molecule is CC[C@H](C)C(N=C(N=C(C)c1cccc(-c2ccccc2)c1)c1cccc(-c2ccccc2)c1)c1c(Cl)c2ccccc2c2c1sc1ccccc12. The van der Waals surface area contributed by atoms with Gasteiger partial charge in [0.2, 0.25) is 0 Å². The zero-order valence-electron chi connectivity index (χ0n) is 29.6. The Bertz CT molecular complexity index is 2600. The van der Waals surface area contributed by atoms with Crippen LogP contribution in [0, 0.1) is 5.92 Å². The van der Waals surface area contributed by atoms with Gasteiger partial charge in [-0.25, -0.2) is 4.99 Å². The van der Waals surface area contributed by atoms with Crippen molar-refractivity contribution < 1.29 is 0 Å². The average molecular weight is 711 g/mol. The lowest BCUT2D eigenvalue weighted by atomic mass is 9.89. The number of aliphatic imine (C=N–C) groups is 2. The molecule has 1 unspecified atom stereocenters. The van der Waals surface area contributed by atoms with Crippen LogP contribution in [0.4, 0.5) is 0 Å². The lowest BCUT2D eigenvalue weighted by molar-refractivity contribution is 0.462. The van der Waals surface area contributed by atoms with E-state index < -0.39 is 0 Å². The van der Waals surface area contributed by atoms with Crippen LogP contribution in [0.1, 0.15) is 49.9 Å². The molecular weight excluding hydrogens is 672 g/mol. The van der Waals surface area contributed by atoms with E-state index in [1.165, 1.54) is 31.1 Å². The topological polar surface area (TPSA) is 24.7 Å². The van der Waals surface area contributed by atoms with Crippen LogP contribution in [0.5, 0.6) is 0 Å². The van der Waals surface area contributed by atoms with Crippen LogP contribution in [0.15, 0.2) is 168 Å². The fourth-order valence-electron chi connectivity index (χ4n) is 7.15. The van der Waals surface area contributed by atoms with Gasteiger partial charge in [-0.05, 0) is 64.2 Å². The summed E-state index contributed by atoms with van der Waals surface area (Å²) in [5, 5.41) is 5.52. The first-order valence-corrected chi connectivity index (χ1v) is 19.2. The highest BCUT2D eigenvalue weighted by atomic mass is 35.5. The molecule has 0 radical (unpaired) electrons. The monoisotopic (exact) mass is 710 g/mol. The van der Waals surface area contributed by atoms with E-state index in [1.807, 2.05) is 11.3 Å². The van der Waals surface area contributed by atoms with E-state index in [0.717, 1.165) is 55.9 Å². The maximum Gasteiger partial charge on any atom is 0.155 e. The van der Waals surface area contributed by atoms with Gasteiger partial charge in [-0.15, -0.1) is 11.3 Å². The van der Waals surface area contributed by atoms with Crippen molar-refractivity contribution >= 4 is 65.4 Å². The zero-order valence-corrected chi connectivity index (χ0v) is 31.1. The molecule has 0 saturated heterocycles. The zero-order chi connectivity index (χ0) is 35.6. The number of hydrogen-bond acceptors (Lipinski definition) is 2. The molecule has 0 aliphatic rings. The van der Waals surface area contributed by atoms with E-state index >= 15 is 0 Å². The van der Waals surface area contributed by atoms with Gasteiger partial charge in [0.05, 0.1) is 11.1 Å². The van der Waals surface area contributed by atoms with Gasteiger partial charge in [0.15, 0.2) is 5.84 Å². The third kappa shape index (κ3) is 6.47. The molecule has 0 bridgehead atoms. The maximum atomic E-state index is 7.56. The highest BCUT2D eigenvalue weighted by Crippen LogP contribution is 2.49. The van der Waals surface area contributed by atoms with Crippen molar-refractivity contribution in [3.8, 4) is 22.3 Å². The molecule has 0 amide bonds. The van der Waals surface area contributed by atoms with E-state index in [4.69, 9.17) is 21.6 Å². The first-order valence-electron chi connectivity index (χ1n) is 18.0.